The van der Waals surface area contributed by atoms with Gasteiger partial charge in [0.15, 0.2) is 0 Å². The van der Waals surface area contributed by atoms with Crippen molar-refractivity contribution in [2.24, 2.45) is 0 Å². The molecule has 1 aromatic heterocycles. The highest BCUT2D eigenvalue weighted by Crippen LogP contribution is 2.04. The minimum Gasteiger partial charge on any atom is -0.385 e. The quantitative estimate of drug-likeness (QED) is 0.622. The largest absolute Gasteiger partial charge is 0.385 e. The first-order chi connectivity index (χ1) is 7.33. The number of methoxy groups -OCH3 is 1. The van der Waals surface area contributed by atoms with Crippen LogP contribution in [-0.2, 0) is 16.1 Å². The number of nitrogens with zero attached hydrogens (tertiary/aromatic N) is 1. The van der Waals surface area contributed by atoms with Crippen LogP contribution in [0.3, 0.4) is 0 Å². The summed E-state index contributed by atoms with van der Waals surface area (Å²) in [7, 11) is 1.73. The monoisotopic (exact) mass is 213 g/mol. The second-order valence-electron chi connectivity index (χ2n) is 3.53. The van der Waals surface area contributed by atoms with Crippen molar-refractivity contribution in [3.63, 3.8) is 0 Å². The molecule has 15 heavy (non-hydrogen) atoms. The zero-order chi connectivity index (χ0) is 10.9. The molecule has 0 saturated heterocycles. The van der Waals surface area contributed by atoms with E-state index in [2.05, 4.69) is 5.16 Å². The van der Waals surface area contributed by atoms with Crippen molar-refractivity contribution >= 4 is 0 Å². The molecule has 0 N–H and O–H groups in total. The molecule has 1 aromatic rings. The summed E-state index contributed by atoms with van der Waals surface area (Å²) in [5.74, 6) is 0.827. The molecule has 0 radical (unpaired) electrons. The van der Waals surface area contributed by atoms with Crippen molar-refractivity contribution in [1.29, 1.82) is 0 Å². The Morgan fingerprint density at radius 3 is 2.73 bits per heavy atom. The molecule has 1 rings (SSSR count). The van der Waals surface area contributed by atoms with Crippen molar-refractivity contribution in [2.45, 2.75) is 32.8 Å². The van der Waals surface area contributed by atoms with Crippen molar-refractivity contribution in [2.75, 3.05) is 20.3 Å². The van der Waals surface area contributed by atoms with Gasteiger partial charge in [-0.05, 0) is 26.2 Å². The highest BCUT2D eigenvalue weighted by molar-refractivity contribution is 5.01. The minimum absolute atomic E-state index is 0.543. The van der Waals surface area contributed by atoms with Crippen LogP contribution in [-0.4, -0.2) is 25.5 Å². The zero-order valence-corrected chi connectivity index (χ0v) is 9.49. The van der Waals surface area contributed by atoms with E-state index in [4.69, 9.17) is 14.0 Å². The van der Waals surface area contributed by atoms with Crippen LogP contribution in [0.5, 0.6) is 0 Å². The maximum absolute atomic E-state index is 5.45. The second-order valence-corrected chi connectivity index (χ2v) is 3.53. The molecular formula is C11H19NO3. The van der Waals surface area contributed by atoms with Crippen LogP contribution in [0.25, 0.3) is 0 Å². The Morgan fingerprint density at radius 1 is 1.27 bits per heavy atom. The van der Waals surface area contributed by atoms with Gasteiger partial charge in [-0.3, -0.25) is 0 Å². The first kappa shape index (κ1) is 12.2. The minimum atomic E-state index is 0.543. The van der Waals surface area contributed by atoms with E-state index in [1.807, 2.05) is 13.0 Å². The number of aryl methyl sites for hydroxylation is 1. The van der Waals surface area contributed by atoms with Gasteiger partial charge in [0.2, 0.25) is 0 Å². The lowest BCUT2D eigenvalue weighted by atomic mass is 10.2. The molecule has 0 fully saturated rings. The van der Waals surface area contributed by atoms with Gasteiger partial charge in [-0.2, -0.15) is 0 Å². The van der Waals surface area contributed by atoms with Gasteiger partial charge in [0.25, 0.3) is 0 Å². The molecule has 0 aromatic carbocycles. The maximum atomic E-state index is 5.45. The van der Waals surface area contributed by atoms with Crippen LogP contribution >= 0.6 is 0 Å². The molecule has 0 aliphatic rings. The van der Waals surface area contributed by atoms with E-state index < -0.39 is 0 Å². The van der Waals surface area contributed by atoms with E-state index in [-0.39, 0.29) is 0 Å². The van der Waals surface area contributed by atoms with Crippen LogP contribution in [0, 0.1) is 6.92 Å². The number of aromatic nitrogens is 1. The molecule has 0 aliphatic heterocycles. The Morgan fingerprint density at radius 2 is 2.07 bits per heavy atom. The topological polar surface area (TPSA) is 44.5 Å². The molecule has 0 saturated carbocycles. The molecule has 0 atom stereocenters. The molecule has 0 bridgehead atoms. The first-order valence-corrected chi connectivity index (χ1v) is 5.32. The number of hydrogen-bond acceptors (Lipinski definition) is 4. The lowest BCUT2D eigenvalue weighted by Gasteiger charge is -2.01. The fourth-order valence-corrected chi connectivity index (χ4v) is 1.29. The van der Waals surface area contributed by atoms with Gasteiger partial charge >= 0.3 is 0 Å². The van der Waals surface area contributed by atoms with Gasteiger partial charge in [0.1, 0.15) is 11.5 Å². The van der Waals surface area contributed by atoms with Crippen molar-refractivity contribution in [1.82, 2.24) is 5.16 Å². The van der Waals surface area contributed by atoms with Gasteiger partial charge in [-0.25, -0.2) is 0 Å². The molecular weight excluding hydrogens is 194 g/mol. The standard InChI is InChI=1S/C11H19NO3/c1-10-8-11(12-15-10)9-14-7-5-3-4-6-13-2/h8H,3-7,9H2,1-2H3. The number of unbranched alkanes of at least 4 members (excludes halogenated alkanes) is 2. The Bertz CT molecular complexity index is 260. The molecule has 4 nitrogen and oxygen atoms in total. The fraction of sp³-hybridized carbons (Fsp3) is 0.727. The van der Waals surface area contributed by atoms with Gasteiger partial charge in [0, 0.05) is 26.4 Å². The lowest BCUT2D eigenvalue weighted by Crippen LogP contribution is -1.97. The van der Waals surface area contributed by atoms with E-state index in [1.54, 1.807) is 7.11 Å². The van der Waals surface area contributed by atoms with Gasteiger partial charge in [0.05, 0.1) is 6.61 Å². The highest BCUT2D eigenvalue weighted by atomic mass is 16.5. The molecule has 1 heterocycles. The number of ether oxygens (including phenoxy) is 2. The summed E-state index contributed by atoms with van der Waals surface area (Å²) in [6.45, 7) is 4.03. The lowest BCUT2D eigenvalue weighted by molar-refractivity contribution is 0.109. The summed E-state index contributed by atoms with van der Waals surface area (Å²) in [4.78, 5) is 0. The van der Waals surface area contributed by atoms with Crippen LogP contribution in [0.15, 0.2) is 10.6 Å². The predicted molar refractivity (Wildman–Crippen MR) is 56.6 cm³/mol. The summed E-state index contributed by atoms with van der Waals surface area (Å²) in [6.07, 6.45) is 3.31. The second kappa shape index (κ2) is 7.43. The number of rotatable bonds is 8. The average Bonchev–Trinajstić information content (AvgIpc) is 2.63. The molecule has 0 spiro atoms. The molecule has 0 unspecified atom stereocenters. The Hall–Kier alpha value is -0.870. The predicted octanol–water partition coefficient (Wildman–Crippen LogP) is 2.32. The summed E-state index contributed by atoms with van der Waals surface area (Å²) in [5.41, 5.74) is 0.865. The van der Waals surface area contributed by atoms with Crippen LogP contribution in [0.2, 0.25) is 0 Å². The molecule has 86 valence electrons. The van der Waals surface area contributed by atoms with E-state index >= 15 is 0 Å². The third-order valence-corrected chi connectivity index (χ3v) is 2.06. The molecule has 4 heteroatoms. The van der Waals surface area contributed by atoms with Crippen LogP contribution in [0.1, 0.15) is 30.7 Å². The molecule has 0 amide bonds. The maximum Gasteiger partial charge on any atom is 0.134 e. The summed E-state index contributed by atoms with van der Waals surface area (Å²) >= 11 is 0. The third-order valence-electron chi connectivity index (χ3n) is 2.06. The smallest absolute Gasteiger partial charge is 0.134 e. The van der Waals surface area contributed by atoms with Gasteiger partial charge in [-0.1, -0.05) is 5.16 Å². The molecule has 0 aliphatic carbocycles. The van der Waals surface area contributed by atoms with Crippen molar-refractivity contribution < 1.29 is 14.0 Å². The Kier molecular flexibility index (Phi) is 6.04. The van der Waals surface area contributed by atoms with Crippen LogP contribution < -0.4 is 0 Å². The first-order valence-electron chi connectivity index (χ1n) is 5.32. The van der Waals surface area contributed by atoms with E-state index in [9.17, 15) is 0 Å². The summed E-state index contributed by atoms with van der Waals surface area (Å²) in [6, 6.07) is 1.89. The summed E-state index contributed by atoms with van der Waals surface area (Å²) < 4.78 is 15.3. The Labute approximate surface area is 90.5 Å². The zero-order valence-electron chi connectivity index (χ0n) is 9.49. The van der Waals surface area contributed by atoms with Crippen molar-refractivity contribution in [3.8, 4) is 0 Å². The average molecular weight is 213 g/mol. The van der Waals surface area contributed by atoms with Gasteiger partial charge in [-0.15, -0.1) is 0 Å². The third kappa shape index (κ3) is 5.54. The van der Waals surface area contributed by atoms with E-state index in [0.29, 0.717) is 6.61 Å². The number of hydrogen-bond donors (Lipinski definition) is 0. The van der Waals surface area contributed by atoms with E-state index in [0.717, 1.165) is 43.9 Å². The summed E-state index contributed by atoms with van der Waals surface area (Å²) in [5, 5.41) is 3.84. The van der Waals surface area contributed by atoms with E-state index in [1.165, 1.54) is 0 Å². The highest BCUT2D eigenvalue weighted by Gasteiger charge is 1.99. The van der Waals surface area contributed by atoms with Crippen LogP contribution in [0.4, 0.5) is 0 Å². The fourth-order valence-electron chi connectivity index (χ4n) is 1.29. The SMILES string of the molecule is COCCCCCOCc1cc(C)on1. The van der Waals surface area contributed by atoms with Crippen molar-refractivity contribution in [3.05, 3.63) is 17.5 Å². The van der Waals surface area contributed by atoms with Gasteiger partial charge < -0.3 is 14.0 Å². The normalized spacial score (nSPS) is 10.8. The Balaban J connectivity index is 1.93.